The number of carboxylic acids is 1. The number of hydrogen-bond donors (Lipinski definition) is 2. The molecule has 0 fully saturated rings. The maximum atomic E-state index is 10.5. The standard InChI is InChI=1S/C10H16N2O2S2/c1-6(2)9-12-7(4-16-9)3-15-5-8(11)10(13)14/h4,6,8H,3,5,11H2,1-2H3,(H,13,14). The highest BCUT2D eigenvalue weighted by Gasteiger charge is 2.12. The first-order valence-electron chi connectivity index (χ1n) is 5.01. The zero-order valence-corrected chi connectivity index (χ0v) is 11.0. The van der Waals surface area contributed by atoms with Gasteiger partial charge in [0.15, 0.2) is 0 Å². The van der Waals surface area contributed by atoms with E-state index in [1.165, 1.54) is 11.8 Å². The SMILES string of the molecule is CC(C)c1nc(CSCC(N)C(=O)O)cs1. The Hall–Kier alpha value is -0.590. The van der Waals surface area contributed by atoms with Gasteiger partial charge in [0.25, 0.3) is 0 Å². The van der Waals surface area contributed by atoms with Gasteiger partial charge in [-0.3, -0.25) is 4.79 Å². The van der Waals surface area contributed by atoms with E-state index in [0.717, 1.165) is 16.5 Å². The number of nitrogens with two attached hydrogens (primary N) is 1. The Morgan fingerprint density at radius 2 is 2.38 bits per heavy atom. The van der Waals surface area contributed by atoms with Crippen LogP contribution < -0.4 is 5.73 Å². The van der Waals surface area contributed by atoms with Crippen molar-refractivity contribution in [2.75, 3.05) is 5.75 Å². The van der Waals surface area contributed by atoms with Gasteiger partial charge in [0, 0.05) is 22.8 Å². The second-order valence-electron chi connectivity index (χ2n) is 3.79. The van der Waals surface area contributed by atoms with E-state index in [1.54, 1.807) is 11.3 Å². The zero-order chi connectivity index (χ0) is 12.1. The van der Waals surface area contributed by atoms with Crippen LogP contribution in [0.15, 0.2) is 5.38 Å². The minimum atomic E-state index is -0.950. The van der Waals surface area contributed by atoms with Crippen LogP contribution in [-0.2, 0) is 10.5 Å². The maximum absolute atomic E-state index is 10.5. The number of rotatable bonds is 6. The van der Waals surface area contributed by atoms with Crippen molar-refractivity contribution in [3.8, 4) is 0 Å². The van der Waals surface area contributed by atoms with Crippen LogP contribution >= 0.6 is 23.1 Å². The molecule has 0 aliphatic heterocycles. The largest absolute Gasteiger partial charge is 0.480 e. The summed E-state index contributed by atoms with van der Waals surface area (Å²) < 4.78 is 0. The average Bonchev–Trinajstić information content (AvgIpc) is 2.66. The number of thioether (sulfide) groups is 1. The number of thiazole rings is 1. The Bertz CT molecular complexity index is 352. The highest BCUT2D eigenvalue weighted by atomic mass is 32.2. The van der Waals surface area contributed by atoms with Crippen LogP contribution in [0.2, 0.25) is 0 Å². The van der Waals surface area contributed by atoms with Gasteiger partial charge >= 0.3 is 5.97 Å². The van der Waals surface area contributed by atoms with Gasteiger partial charge in [0.1, 0.15) is 6.04 Å². The summed E-state index contributed by atoms with van der Waals surface area (Å²) in [6.07, 6.45) is 0. The molecule has 1 unspecified atom stereocenters. The van der Waals surface area contributed by atoms with Gasteiger partial charge in [-0.1, -0.05) is 13.8 Å². The highest BCUT2D eigenvalue weighted by molar-refractivity contribution is 7.98. The molecule has 0 aliphatic rings. The van der Waals surface area contributed by atoms with Crippen molar-refractivity contribution < 1.29 is 9.90 Å². The molecule has 1 heterocycles. The molecule has 4 nitrogen and oxygen atoms in total. The molecule has 0 radical (unpaired) electrons. The first-order chi connectivity index (χ1) is 7.50. The lowest BCUT2D eigenvalue weighted by Gasteiger charge is -2.04. The normalized spacial score (nSPS) is 13.0. The number of carboxylic acid groups (broad SMARTS) is 1. The Kier molecular flexibility index (Phi) is 5.24. The van der Waals surface area contributed by atoms with Gasteiger partial charge in [-0.25, -0.2) is 4.98 Å². The Labute approximate surface area is 103 Å². The summed E-state index contributed by atoms with van der Waals surface area (Å²) >= 11 is 3.16. The van der Waals surface area contributed by atoms with Crippen LogP contribution in [0.4, 0.5) is 0 Å². The molecule has 0 bridgehead atoms. The van der Waals surface area contributed by atoms with Gasteiger partial charge in [0.2, 0.25) is 0 Å². The molecule has 0 spiro atoms. The highest BCUT2D eigenvalue weighted by Crippen LogP contribution is 2.21. The fourth-order valence-electron chi connectivity index (χ4n) is 1.02. The molecule has 0 amide bonds. The van der Waals surface area contributed by atoms with E-state index in [4.69, 9.17) is 10.8 Å². The number of aromatic nitrogens is 1. The number of carbonyl (C=O) groups is 1. The fraction of sp³-hybridized carbons (Fsp3) is 0.600. The van der Waals surface area contributed by atoms with E-state index in [1.807, 2.05) is 5.38 Å². The molecule has 0 aliphatic carbocycles. The van der Waals surface area contributed by atoms with Crippen molar-refractivity contribution in [2.24, 2.45) is 5.73 Å². The molecule has 6 heteroatoms. The summed E-state index contributed by atoms with van der Waals surface area (Å²) in [4.78, 5) is 14.9. The molecular weight excluding hydrogens is 244 g/mol. The molecule has 1 aromatic rings. The third-order valence-electron chi connectivity index (χ3n) is 1.93. The number of aliphatic carboxylic acids is 1. The maximum Gasteiger partial charge on any atom is 0.321 e. The second-order valence-corrected chi connectivity index (χ2v) is 5.71. The molecule has 0 saturated heterocycles. The topological polar surface area (TPSA) is 76.2 Å². The third-order valence-corrected chi connectivity index (χ3v) is 4.22. The van der Waals surface area contributed by atoms with Crippen LogP contribution in [0.25, 0.3) is 0 Å². The van der Waals surface area contributed by atoms with Crippen LogP contribution in [0, 0.1) is 0 Å². The van der Waals surface area contributed by atoms with Gasteiger partial charge in [-0.15, -0.1) is 11.3 Å². The molecule has 3 N–H and O–H groups in total. The molecule has 1 atom stereocenters. The Balaban J connectivity index is 2.34. The van der Waals surface area contributed by atoms with Gasteiger partial charge in [-0.05, 0) is 0 Å². The molecule has 1 rings (SSSR count). The lowest BCUT2D eigenvalue weighted by Crippen LogP contribution is -2.32. The third kappa shape index (κ3) is 4.11. The summed E-state index contributed by atoms with van der Waals surface area (Å²) in [6, 6.07) is -0.784. The summed E-state index contributed by atoms with van der Waals surface area (Å²) in [7, 11) is 0. The zero-order valence-electron chi connectivity index (χ0n) is 9.34. The number of nitrogens with zero attached hydrogens (tertiary/aromatic N) is 1. The van der Waals surface area contributed by atoms with Gasteiger partial charge in [0.05, 0.1) is 10.7 Å². The average molecular weight is 260 g/mol. The van der Waals surface area contributed by atoms with Gasteiger partial charge < -0.3 is 10.8 Å². The van der Waals surface area contributed by atoms with Crippen LogP contribution in [0.3, 0.4) is 0 Å². The van der Waals surface area contributed by atoms with E-state index in [9.17, 15) is 4.79 Å². The summed E-state index contributed by atoms with van der Waals surface area (Å²) in [5, 5.41) is 11.7. The fourth-order valence-corrected chi connectivity index (χ4v) is 2.83. The molecule has 0 aromatic carbocycles. The molecule has 1 aromatic heterocycles. The van der Waals surface area contributed by atoms with Crippen LogP contribution in [0.1, 0.15) is 30.5 Å². The van der Waals surface area contributed by atoms with E-state index < -0.39 is 12.0 Å². The molecule has 90 valence electrons. The monoisotopic (exact) mass is 260 g/mol. The molecule has 0 saturated carbocycles. The Morgan fingerprint density at radius 3 is 2.88 bits per heavy atom. The summed E-state index contributed by atoms with van der Waals surface area (Å²) in [5.41, 5.74) is 6.41. The Morgan fingerprint density at radius 1 is 1.69 bits per heavy atom. The predicted octanol–water partition coefficient (Wildman–Crippen LogP) is 1.91. The summed E-state index contributed by atoms with van der Waals surface area (Å²) in [6.45, 7) is 4.21. The molecule has 16 heavy (non-hydrogen) atoms. The van der Waals surface area contributed by atoms with E-state index in [-0.39, 0.29) is 0 Å². The molecular formula is C10H16N2O2S2. The van der Waals surface area contributed by atoms with Crippen molar-refractivity contribution in [2.45, 2.75) is 31.6 Å². The first kappa shape index (κ1) is 13.5. The van der Waals surface area contributed by atoms with E-state index in [2.05, 4.69) is 18.8 Å². The second kappa shape index (κ2) is 6.22. The lowest BCUT2D eigenvalue weighted by molar-refractivity contribution is -0.137. The quantitative estimate of drug-likeness (QED) is 0.817. The van der Waals surface area contributed by atoms with E-state index >= 15 is 0 Å². The lowest BCUT2D eigenvalue weighted by atomic mass is 10.2. The van der Waals surface area contributed by atoms with Crippen molar-refractivity contribution in [1.82, 2.24) is 4.98 Å². The van der Waals surface area contributed by atoms with Gasteiger partial charge in [-0.2, -0.15) is 11.8 Å². The minimum absolute atomic E-state index is 0.421. The van der Waals surface area contributed by atoms with E-state index in [0.29, 0.717) is 11.7 Å². The predicted molar refractivity (Wildman–Crippen MR) is 68.0 cm³/mol. The smallest absolute Gasteiger partial charge is 0.321 e. The minimum Gasteiger partial charge on any atom is -0.480 e. The van der Waals surface area contributed by atoms with Crippen molar-refractivity contribution >= 4 is 29.1 Å². The van der Waals surface area contributed by atoms with Crippen molar-refractivity contribution in [3.63, 3.8) is 0 Å². The van der Waals surface area contributed by atoms with Crippen molar-refractivity contribution in [1.29, 1.82) is 0 Å². The summed E-state index contributed by atoms with van der Waals surface area (Å²) in [5.74, 6) is 0.646. The first-order valence-corrected chi connectivity index (χ1v) is 7.04. The van der Waals surface area contributed by atoms with Crippen LogP contribution in [-0.4, -0.2) is 27.9 Å². The number of hydrogen-bond acceptors (Lipinski definition) is 5. The van der Waals surface area contributed by atoms with Crippen molar-refractivity contribution in [3.05, 3.63) is 16.1 Å². The van der Waals surface area contributed by atoms with Crippen LogP contribution in [0.5, 0.6) is 0 Å².